The predicted molar refractivity (Wildman–Crippen MR) is 60.1 cm³/mol. The lowest BCUT2D eigenvalue weighted by Crippen LogP contribution is -1.96. The molecule has 0 aliphatic heterocycles. The number of hydrogen-bond acceptors (Lipinski definition) is 4. The summed E-state index contributed by atoms with van der Waals surface area (Å²) in [5, 5.41) is -0.0868. The summed E-state index contributed by atoms with van der Waals surface area (Å²) < 4.78 is 23.7. The maximum Gasteiger partial charge on any atom is 0.260 e. The average molecular weight is 255 g/mol. The van der Waals surface area contributed by atoms with Crippen molar-refractivity contribution in [3.05, 3.63) is 41.6 Å². The van der Waals surface area contributed by atoms with Crippen molar-refractivity contribution in [2.24, 2.45) is 0 Å². The molecule has 0 aliphatic carbocycles. The van der Waals surface area contributed by atoms with Crippen molar-refractivity contribution in [3.63, 3.8) is 0 Å². The van der Waals surface area contributed by atoms with Crippen molar-refractivity contribution >= 4 is 11.6 Å². The van der Waals surface area contributed by atoms with Crippen LogP contribution in [0.4, 0.5) is 4.39 Å². The van der Waals surface area contributed by atoms with Crippen molar-refractivity contribution < 1.29 is 13.9 Å². The molecule has 0 bridgehead atoms. The molecule has 1 heterocycles. The number of aromatic nitrogens is 2. The van der Waals surface area contributed by atoms with Crippen LogP contribution in [-0.2, 0) is 0 Å². The third-order valence-electron chi connectivity index (χ3n) is 1.96. The molecule has 0 saturated carbocycles. The molecule has 17 heavy (non-hydrogen) atoms. The summed E-state index contributed by atoms with van der Waals surface area (Å²) in [6.07, 6.45) is 0.945. The van der Waals surface area contributed by atoms with E-state index in [1.54, 1.807) is 24.3 Å². The summed E-state index contributed by atoms with van der Waals surface area (Å²) in [7, 11) is 1.49. The molecule has 0 aliphatic rings. The third-order valence-corrected chi connectivity index (χ3v) is 2.14. The van der Waals surface area contributed by atoms with Crippen LogP contribution in [0, 0.1) is 5.82 Å². The second kappa shape index (κ2) is 4.97. The minimum atomic E-state index is -0.694. The molecular weight excluding hydrogens is 247 g/mol. The predicted octanol–water partition coefficient (Wildman–Crippen LogP) is 3.07. The molecule has 1 aromatic carbocycles. The van der Waals surface area contributed by atoms with E-state index in [0.29, 0.717) is 11.5 Å². The van der Waals surface area contributed by atoms with Gasteiger partial charge in [-0.1, -0.05) is 12.1 Å². The Hall–Kier alpha value is -1.88. The lowest BCUT2D eigenvalue weighted by atomic mass is 10.3. The molecule has 6 heteroatoms. The Morgan fingerprint density at radius 1 is 1.24 bits per heavy atom. The number of para-hydroxylation sites is 2. The van der Waals surface area contributed by atoms with Gasteiger partial charge in [-0.25, -0.2) is 4.98 Å². The highest BCUT2D eigenvalue weighted by Crippen LogP contribution is 2.31. The number of methoxy groups -OCH3 is 1. The number of nitrogens with zero attached hydrogens (tertiary/aromatic N) is 2. The maximum atomic E-state index is 13.3. The Morgan fingerprint density at radius 3 is 2.65 bits per heavy atom. The van der Waals surface area contributed by atoms with E-state index in [9.17, 15) is 4.39 Å². The second-order valence-electron chi connectivity index (χ2n) is 3.05. The monoisotopic (exact) mass is 254 g/mol. The molecule has 0 amide bonds. The highest BCUT2D eigenvalue weighted by Gasteiger charge is 2.11. The van der Waals surface area contributed by atoms with Crippen LogP contribution < -0.4 is 9.47 Å². The van der Waals surface area contributed by atoms with Gasteiger partial charge in [-0.2, -0.15) is 9.37 Å². The van der Waals surface area contributed by atoms with Gasteiger partial charge in [0, 0.05) is 0 Å². The smallest absolute Gasteiger partial charge is 0.260 e. The van der Waals surface area contributed by atoms with Crippen LogP contribution in [0.3, 0.4) is 0 Å². The highest BCUT2D eigenvalue weighted by atomic mass is 35.5. The average Bonchev–Trinajstić information content (AvgIpc) is 2.34. The van der Waals surface area contributed by atoms with Crippen molar-refractivity contribution in [3.8, 4) is 17.4 Å². The van der Waals surface area contributed by atoms with Gasteiger partial charge in [-0.15, -0.1) is 0 Å². The van der Waals surface area contributed by atoms with E-state index in [4.69, 9.17) is 21.1 Å². The molecule has 0 N–H and O–H groups in total. The first kappa shape index (κ1) is 11.6. The molecule has 0 unspecified atom stereocenters. The van der Waals surface area contributed by atoms with E-state index >= 15 is 0 Å². The fraction of sp³-hybridized carbons (Fsp3) is 0.0909. The quantitative estimate of drug-likeness (QED) is 0.790. The molecule has 0 saturated heterocycles. The molecule has 1 aromatic heterocycles. The Kier molecular flexibility index (Phi) is 3.39. The Bertz CT molecular complexity index is 537. The van der Waals surface area contributed by atoms with Crippen LogP contribution in [-0.4, -0.2) is 17.1 Å². The van der Waals surface area contributed by atoms with Crippen LogP contribution in [0.1, 0.15) is 0 Å². The second-order valence-corrected chi connectivity index (χ2v) is 3.38. The molecule has 2 rings (SSSR count). The first-order chi connectivity index (χ1) is 8.20. The molecule has 2 aromatic rings. The highest BCUT2D eigenvalue weighted by molar-refractivity contribution is 6.28. The Balaban J connectivity index is 2.34. The lowest BCUT2D eigenvalue weighted by molar-refractivity contribution is 0.363. The van der Waals surface area contributed by atoms with Gasteiger partial charge in [-0.05, 0) is 23.7 Å². The van der Waals surface area contributed by atoms with Gasteiger partial charge in [0.1, 0.15) is 0 Å². The zero-order chi connectivity index (χ0) is 12.3. The topological polar surface area (TPSA) is 44.2 Å². The first-order valence-electron chi connectivity index (χ1n) is 4.69. The van der Waals surface area contributed by atoms with Gasteiger partial charge in [0.2, 0.25) is 11.1 Å². The van der Waals surface area contributed by atoms with Gasteiger partial charge >= 0.3 is 0 Å². The van der Waals surface area contributed by atoms with E-state index in [2.05, 4.69) is 9.97 Å². The van der Waals surface area contributed by atoms with Crippen molar-refractivity contribution in [2.45, 2.75) is 0 Å². The van der Waals surface area contributed by atoms with Crippen LogP contribution in [0.25, 0.3) is 0 Å². The van der Waals surface area contributed by atoms with Crippen molar-refractivity contribution in [1.82, 2.24) is 9.97 Å². The van der Waals surface area contributed by atoms with Gasteiger partial charge in [0.25, 0.3) is 5.88 Å². The Morgan fingerprint density at radius 2 is 1.94 bits per heavy atom. The van der Waals surface area contributed by atoms with Gasteiger partial charge in [-0.3, -0.25) is 0 Å². The fourth-order valence-electron chi connectivity index (χ4n) is 1.21. The summed E-state index contributed by atoms with van der Waals surface area (Å²) in [6, 6.07) is 6.83. The van der Waals surface area contributed by atoms with E-state index in [1.807, 2.05) is 0 Å². The third kappa shape index (κ3) is 2.62. The molecule has 0 atom stereocenters. The zero-order valence-corrected chi connectivity index (χ0v) is 9.61. The summed E-state index contributed by atoms with van der Waals surface area (Å²) in [4.78, 5) is 7.14. The standard InChI is InChI=1S/C11H8ClFN2O2/c1-16-8-4-2-3-5-9(8)17-10-7(13)6-14-11(12)15-10/h2-6H,1H3. The van der Waals surface area contributed by atoms with Crippen LogP contribution in [0.2, 0.25) is 5.28 Å². The van der Waals surface area contributed by atoms with E-state index in [0.717, 1.165) is 6.20 Å². The Labute approximate surface area is 102 Å². The van der Waals surface area contributed by atoms with Gasteiger partial charge < -0.3 is 9.47 Å². The summed E-state index contributed by atoms with van der Waals surface area (Å²) in [5.74, 6) is -0.111. The SMILES string of the molecule is COc1ccccc1Oc1nc(Cl)ncc1F. The molecule has 0 fully saturated rings. The molecule has 0 spiro atoms. The van der Waals surface area contributed by atoms with Gasteiger partial charge in [0.05, 0.1) is 13.3 Å². The first-order valence-corrected chi connectivity index (χ1v) is 5.07. The molecule has 0 radical (unpaired) electrons. The van der Waals surface area contributed by atoms with Crippen LogP contribution >= 0.6 is 11.6 Å². The van der Waals surface area contributed by atoms with Gasteiger partial charge in [0.15, 0.2) is 11.5 Å². The molecular formula is C11H8ClFN2O2. The number of benzene rings is 1. The van der Waals surface area contributed by atoms with Crippen LogP contribution in [0.15, 0.2) is 30.5 Å². The van der Waals surface area contributed by atoms with E-state index in [-0.39, 0.29) is 11.2 Å². The fourth-order valence-corrected chi connectivity index (χ4v) is 1.34. The summed E-state index contributed by atoms with van der Waals surface area (Å²) in [5.41, 5.74) is 0. The van der Waals surface area contributed by atoms with E-state index < -0.39 is 5.82 Å². The lowest BCUT2D eigenvalue weighted by Gasteiger charge is -2.09. The normalized spacial score (nSPS) is 10.1. The largest absolute Gasteiger partial charge is 0.493 e. The van der Waals surface area contributed by atoms with Crippen molar-refractivity contribution in [2.75, 3.05) is 7.11 Å². The van der Waals surface area contributed by atoms with Crippen LogP contribution in [0.5, 0.6) is 17.4 Å². The summed E-state index contributed by atoms with van der Waals surface area (Å²) in [6.45, 7) is 0. The number of ether oxygens (including phenoxy) is 2. The minimum Gasteiger partial charge on any atom is -0.493 e. The molecule has 88 valence electrons. The number of hydrogen-bond donors (Lipinski definition) is 0. The van der Waals surface area contributed by atoms with E-state index in [1.165, 1.54) is 7.11 Å². The number of halogens is 2. The minimum absolute atomic E-state index is 0.0868. The summed E-state index contributed by atoms with van der Waals surface area (Å²) >= 11 is 5.56. The number of rotatable bonds is 3. The zero-order valence-electron chi connectivity index (χ0n) is 8.85. The maximum absolute atomic E-state index is 13.3. The van der Waals surface area contributed by atoms with Crippen molar-refractivity contribution in [1.29, 1.82) is 0 Å². The molecule has 4 nitrogen and oxygen atoms in total.